The second-order valence-electron chi connectivity index (χ2n) is 7.67. The highest BCUT2D eigenvalue weighted by atomic mass is 79.9. The van der Waals surface area contributed by atoms with Gasteiger partial charge in [-0.1, -0.05) is 101 Å². The number of rotatable bonds is 8. The highest BCUT2D eigenvalue weighted by molar-refractivity contribution is 9.09. The molecule has 128 valence electrons. The van der Waals surface area contributed by atoms with Crippen LogP contribution in [0, 0.1) is 11.8 Å². The van der Waals surface area contributed by atoms with Gasteiger partial charge in [0.1, 0.15) is 8.80 Å². The van der Waals surface area contributed by atoms with Crippen LogP contribution < -0.4 is 10.4 Å². The first-order valence-electron chi connectivity index (χ1n) is 8.85. The zero-order valence-corrected chi connectivity index (χ0v) is 17.4. The molecular weight excluding hydrogens is 376 g/mol. The van der Waals surface area contributed by atoms with Gasteiger partial charge in [0, 0.05) is 18.5 Å². The van der Waals surface area contributed by atoms with E-state index in [1.807, 2.05) is 0 Å². The van der Waals surface area contributed by atoms with Gasteiger partial charge < -0.3 is 4.74 Å². The van der Waals surface area contributed by atoms with Gasteiger partial charge in [0.05, 0.1) is 0 Å². The summed E-state index contributed by atoms with van der Waals surface area (Å²) >= 11 is 3.58. The summed E-state index contributed by atoms with van der Waals surface area (Å²) in [6.07, 6.45) is 1.32. The Morgan fingerprint density at radius 2 is 1.50 bits per heavy atom. The summed E-state index contributed by atoms with van der Waals surface area (Å²) < 4.78 is 6.19. The van der Waals surface area contributed by atoms with Crippen LogP contribution in [0.2, 0.25) is 5.04 Å². The minimum atomic E-state index is -1.36. The lowest BCUT2D eigenvalue weighted by molar-refractivity contribution is 0.103. The molecule has 0 aromatic heterocycles. The van der Waals surface area contributed by atoms with E-state index in [0.29, 0.717) is 0 Å². The molecule has 2 unspecified atom stereocenters. The minimum absolute atomic E-state index is 0.182. The fourth-order valence-electron chi connectivity index (χ4n) is 3.65. The van der Waals surface area contributed by atoms with Gasteiger partial charge in [-0.2, -0.15) is 0 Å². The number of hydrogen-bond donors (Lipinski definition) is 0. The van der Waals surface area contributed by atoms with Crippen LogP contribution in [0.4, 0.5) is 0 Å². The van der Waals surface area contributed by atoms with E-state index in [1.54, 1.807) is 0 Å². The van der Waals surface area contributed by atoms with Crippen LogP contribution >= 0.6 is 15.9 Å². The number of hydrogen-bond acceptors (Lipinski definition) is 1. The molecule has 1 saturated carbocycles. The van der Waals surface area contributed by atoms with Crippen molar-refractivity contribution in [1.82, 2.24) is 0 Å². The Balaban J connectivity index is 1.74. The molecule has 0 saturated heterocycles. The lowest BCUT2D eigenvalue weighted by Gasteiger charge is -2.34. The third-order valence-corrected chi connectivity index (χ3v) is 9.78. The molecule has 1 fully saturated rings. The van der Waals surface area contributed by atoms with Crippen molar-refractivity contribution in [2.45, 2.75) is 25.3 Å². The first-order chi connectivity index (χ1) is 11.6. The molecule has 2 atom stereocenters. The molecule has 0 amide bonds. The predicted molar refractivity (Wildman–Crippen MR) is 110 cm³/mol. The Morgan fingerprint density at radius 3 is 1.96 bits per heavy atom. The highest BCUT2D eigenvalue weighted by Gasteiger charge is 2.38. The Bertz CT molecular complexity index is 589. The van der Waals surface area contributed by atoms with Crippen LogP contribution in [0.25, 0.3) is 0 Å². The van der Waals surface area contributed by atoms with Crippen molar-refractivity contribution < 1.29 is 4.74 Å². The molecule has 0 N–H and O–H groups in total. The fraction of sp³-hybridized carbons (Fsp3) is 0.429. The van der Waals surface area contributed by atoms with Gasteiger partial charge in [0.25, 0.3) is 0 Å². The number of alkyl halides is 1. The lowest BCUT2D eigenvalue weighted by atomic mass is 10.2. The van der Waals surface area contributed by atoms with Gasteiger partial charge in [-0.05, 0) is 23.3 Å². The molecule has 0 aliphatic heterocycles. The Morgan fingerprint density at radius 1 is 0.958 bits per heavy atom. The van der Waals surface area contributed by atoms with Gasteiger partial charge in [-0.3, -0.25) is 0 Å². The van der Waals surface area contributed by atoms with Crippen LogP contribution in [-0.4, -0.2) is 27.3 Å². The van der Waals surface area contributed by atoms with E-state index in [1.165, 1.54) is 16.8 Å². The maximum atomic E-state index is 6.19. The Kier molecular flexibility index (Phi) is 5.96. The summed E-state index contributed by atoms with van der Waals surface area (Å²) in [6, 6.07) is 22.1. The Labute approximate surface area is 156 Å². The molecule has 1 aliphatic rings. The summed E-state index contributed by atoms with van der Waals surface area (Å²) in [5, 5.41) is 4.31. The van der Waals surface area contributed by atoms with Gasteiger partial charge in [-0.15, -0.1) is 0 Å². The molecule has 1 nitrogen and oxygen atoms in total. The first kappa shape index (κ1) is 17.9. The second kappa shape index (κ2) is 7.98. The van der Waals surface area contributed by atoms with Crippen LogP contribution in [0.3, 0.4) is 0 Å². The second-order valence-corrected chi connectivity index (χ2v) is 12.1. The summed E-state index contributed by atoms with van der Waals surface area (Å²) in [4.78, 5) is 0. The van der Waals surface area contributed by atoms with Crippen molar-refractivity contribution in [3.05, 3.63) is 60.7 Å². The summed E-state index contributed by atoms with van der Waals surface area (Å²) in [5.74, 6) is 1.61. The maximum absolute atomic E-state index is 6.19. The number of halogens is 1. The van der Waals surface area contributed by atoms with Gasteiger partial charge >= 0.3 is 0 Å². The monoisotopic (exact) mass is 402 g/mol. The first-order valence-corrected chi connectivity index (χ1v) is 11.7. The fourth-order valence-corrected chi connectivity index (χ4v) is 8.13. The van der Waals surface area contributed by atoms with Crippen LogP contribution in [0.5, 0.6) is 0 Å². The third-order valence-electron chi connectivity index (χ3n) is 5.12. The summed E-state index contributed by atoms with van der Waals surface area (Å²) in [6.45, 7) is 6.54. The average molecular weight is 403 g/mol. The molecule has 1 aliphatic carbocycles. The Hall–Kier alpha value is -0.903. The zero-order chi connectivity index (χ0) is 17.0. The van der Waals surface area contributed by atoms with E-state index in [0.717, 1.165) is 30.4 Å². The van der Waals surface area contributed by atoms with Crippen molar-refractivity contribution in [2.24, 2.45) is 11.8 Å². The van der Waals surface area contributed by atoms with Gasteiger partial charge in [0.15, 0.2) is 0 Å². The molecular formula is C21H27BrOSi. The van der Waals surface area contributed by atoms with E-state index >= 15 is 0 Å². The smallest absolute Gasteiger partial charge is 0.110 e. The van der Waals surface area contributed by atoms with Crippen molar-refractivity contribution >= 4 is 35.1 Å². The lowest BCUT2D eigenvalue weighted by Crippen LogP contribution is -2.51. The highest BCUT2D eigenvalue weighted by Crippen LogP contribution is 2.40. The maximum Gasteiger partial charge on any atom is 0.110 e. The molecule has 2 aromatic rings. The third kappa shape index (κ3) is 4.38. The number of benzene rings is 2. The molecule has 2 aromatic carbocycles. The largest absolute Gasteiger partial charge is 0.381 e. The summed E-state index contributed by atoms with van der Waals surface area (Å²) in [7, 11) is -1.36. The molecule has 0 spiro atoms. The standard InChI is InChI=1S/C21H27BrOSi/c1-21(2,16-23-15-18-13-17(18)14-22)24(19-9-5-3-6-10-19)20-11-7-4-8-12-20/h3-12,17-18,24H,13-16H2,1-2H3. The topological polar surface area (TPSA) is 9.23 Å². The van der Waals surface area contributed by atoms with Crippen molar-refractivity contribution in [3.8, 4) is 0 Å². The average Bonchev–Trinajstić information content (AvgIpc) is 3.35. The molecule has 3 heteroatoms. The quantitative estimate of drug-likeness (QED) is 0.481. The minimum Gasteiger partial charge on any atom is -0.381 e. The van der Waals surface area contributed by atoms with E-state index in [-0.39, 0.29) is 5.04 Å². The molecule has 24 heavy (non-hydrogen) atoms. The van der Waals surface area contributed by atoms with E-state index < -0.39 is 8.80 Å². The van der Waals surface area contributed by atoms with E-state index in [9.17, 15) is 0 Å². The molecule has 0 radical (unpaired) electrons. The molecule has 3 rings (SSSR count). The van der Waals surface area contributed by atoms with E-state index in [4.69, 9.17) is 4.74 Å². The summed E-state index contributed by atoms with van der Waals surface area (Å²) in [5.41, 5.74) is 0. The zero-order valence-electron chi connectivity index (χ0n) is 14.6. The SMILES string of the molecule is CC(C)(COCC1CC1CBr)[SiH](c1ccccc1)c1ccccc1. The van der Waals surface area contributed by atoms with Crippen molar-refractivity contribution in [1.29, 1.82) is 0 Å². The van der Waals surface area contributed by atoms with Crippen LogP contribution in [0.15, 0.2) is 60.7 Å². The molecule has 0 bridgehead atoms. The van der Waals surface area contributed by atoms with Crippen LogP contribution in [-0.2, 0) is 4.74 Å². The number of ether oxygens (including phenoxy) is 1. The molecule has 0 heterocycles. The normalized spacial score (nSPS) is 20.3. The van der Waals surface area contributed by atoms with E-state index in [2.05, 4.69) is 90.4 Å². The van der Waals surface area contributed by atoms with Gasteiger partial charge in [0.2, 0.25) is 0 Å². The van der Waals surface area contributed by atoms with Crippen LogP contribution in [0.1, 0.15) is 20.3 Å². The van der Waals surface area contributed by atoms with Gasteiger partial charge in [-0.25, -0.2) is 0 Å². The van der Waals surface area contributed by atoms with Crippen molar-refractivity contribution in [2.75, 3.05) is 18.5 Å². The predicted octanol–water partition coefficient (Wildman–Crippen LogP) is 3.86. The van der Waals surface area contributed by atoms with Crippen molar-refractivity contribution in [3.63, 3.8) is 0 Å².